The van der Waals surface area contributed by atoms with Gasteiger partial charge in [-0.1, -0.05) is 12.1 Å². The molecule has 1 amide bonds. The SMILES string of the molecule is O=C(CCCCc1nc2ccccc2s1)N1CCN(S(=O)(=O)c2ccc(F)cc2F)CC1. The van der Waals surface area contributed by atoms with E-state index in [4.69, 9.17) is 0 Å². The molecule has 3 aromatic rings. The van der Waals surface area contributed by atoms with Crippen molar-refractivity contribution < 1.29 is 22.0 Å². The molecule has 0 aliphatic carbocycles. The maximum Gasteiger partial charge on any atom is 0.246 e. The van der Waals surface area contributed by atoms with Gasteiger partial charge in [-0.25, -0.2) is 22.2 Å². The Hall–Kier alpha value is -2.43. The molecule has 6 nitrogen and oxygen atoms in total. The third kappa shape index (κ3) is 4.97. The number of carbonyl (C=O) groups excluding carboxylic acids is 1. The summed E-state index contributed by atoms with van der Waals surface area (Å²) in [5.74, 6) is -1.96. The Morgan fingerprint density at radius 1 is 1.03 bits per heavy atom. The molecule has 4 rings (SSSR count). The summed E-state index contributed by atoms with van der Waals surface area (Å²) in [4.78, 5) is 18.2. The fourth-order valence-electron chi connectivity index (χ4n) is 3.74. The van der Waals surface area contributed by atoms with Crippen molar-refractivity contribution in [3.63, 3.8) is 0 Å². The number of sulfonamides is 1. The second-order valence-electron chi connectivity index (χ2n) is 7.64. The molecule has 0 bridgehead atoms. The number of nitrogens with zero attached hydrogens (tertiary/aromatic N) is 3. The van der Waals surface area contributed by atoms with Gasteiger partial charge < -0.3 is 4.90 Å². The number of fused-ring (bicyclic) bond motifs is 1. The van der Waals surface area contributed by atoms with Gasteiger partial charge in [0.05, 0.1) is 15.2 Å². The Morgan fingerprint density at radius 3 is 2.50 bits per heavy atom. The Kier molecular flexibility index (Phi) is 6.82. The van der Waals surface area contributed by atoms with Crippen LogP contribution in [0, 0.1) is 11.6 Å². The summed E-state index contributed by atoms with van der Waals surface area (Å²) >= 11 is 1.67. The molecule has 0 unspecified atom stereocenters. The number of hydrogen-bond acceptors (Lipinski definition) is 5. The molecule has 0 spiro atoms. The lowest BCUT2D eigenvalue weighted by molar-refractivity contribution is -0.132. The van der Waals surface area contributed by atoms with Crippen molar-refractivity contribution in [3.05, 3.63) is 59.1 Å². The lowest BCUT2D eigenvalue weighted by Gasteiger charge is -2.34. The van der Waals surface area contributed by atoms with Crippen molar-refractivity contribution in [2.75, 3.05) is 26.2 Å². The van der Waals surface area contributed by atoms with E-state index in [-0.39, 0.29) is 32.1 Å². The number of aromatic nitrogens is 1. The van der Waals surface area contributed by atoms with Gasteiger partial charge in [0.1, 0.15) is 16.5 Å². The van der Waals surface area contributed by atoms with Gasteiger partial charge in [0.2, 0.25) is 15.9 Å². The van der Waals surface area contributed by atoms with Crippen LogP contribution in [0.3, 0.4) is 0 Å². The number of aryl methyl sites for hydroxylation is 1. The van der Waals surface area contributed by atoms with Gasteiger partial charge in [0.15, 0.2) is 0 Å². The van der Waals surface area contributed by atoms with E-state index in [1.807, 2.05) is 24.3 Å². The first-order valence-corrected chi connectivity index (χ1v) is 12.7. The molecule has 0 radical (unpaired) electrons. The van der Waals surface area contributed by atoms with Gasteiger partial charge in [-0.3, -0.25) is 4.79 Å². The van der Waals surface area contributed by atoms with E-state index in [1.54, 1.807) is 16.2 Å². The smallest absolute Gasteiger partial charge is 0.246 e. The van der Waals surface area contributed by atoms with E-state index in [1.165, 1.54) is 0 Å². The molecule has 32 heavy (non-hydrogen) atoms. The Bertz CT molecular complexity index is 1190. The van der Waals surface area contributed by atoms with Crippen molar-refractivity contribution in [1.29, 1.82) is 0 Å². The topological polar surface area (TPSA) is 70.6 Å². The number of piperazine rings is 1. The number of para-hydroxylation sites is 1. The van der Waals surface area contributed by atoms with E-state index in [9.17, 15) is 22.0 Å². The van der Waals surface area contributed by atoms with Gasteiger partial charge in [-0.15, -0.1) is 11.3 Å². The Labute approximate surface area is 189 Å². The minimum absolute atomic E-state index is 0.0145. The van der Waals surface area contributed by atoms with Crippen LogP contribution in [0.2, 0.25) is 0 Å². The van der Waals surface area contributed by atoms with Crippen LogP contribution in [0.1, 0.15) is 24.3 Å². The first kappa shape index (κ1) is 22.8. The highest BCUT2D eigenvalue weighted by Gasteiger charge is 2.31. The van der Waals surface area contributed by atoms with Crippen LogP contribution in [0.15, 0.2) is 47.4 Å². The summed E-state index contributed by atoms with van der Waals surface area (Å²) in [5.41, 5.74) is 0.997. The highest BCUT2D eigenvalue weighted by molar-refractivity contribution is 7.89. The molecule has 10 heteroatoms. The predicted molar refractivity (Wildman–Crippen MR) is 119 cm³/mol. The molecular formula is C22H23F2N3O3S2. The third-order valence-corrected chi connectivity index (χ3v) is 8.50. The molecule has 1 aliphatic heterocycles. The summed E-state index contributed by atoms with van der Waals surface area (Å²) in [6, 6.07) is 10.4. The maximum absolute atomic E-state index is 13.9. The molecule has 1 fully saturated rings. The van der Waals surface area contributed by atoms with Gasteiger partial charge >= 0.3 is 0 Å². The fraction of sp³-hybridized carbons (Fsp3) is 0.364. The Morgan fingerprint density at radius 2 is 1.78 bits per heavy atom. The molecule has 2 aromatic carbocycles. The largest absolute Gasteiger partial charge is 0.340 e. The third-order valence-electron chi connectivity index (χ3n) is 5.47. The standard InChI is InChI=1S/C22H23F2N3O3S2/c23-16-9-10-20(17(24)15-16)32(29,30)27-13-11-26(12-14-27)22(28)8-4-3-7-21-25-18-5-1-2-6-19(18)31-21/h1-2,5-6,9-10,15H,3-4,7-8,11-14H2. The van der Waals surface area contributed by atoms with Crippen molar-refractivity contribution in [3.8, 4) is 0 Å². The van der Waals surface area contributed by atoms with E-state index in [0.717, 1.165) is 50.9 Å². The predicted octanol–water partition coefficient (Wildman–Crippen LogP) is 3.82. The quantitative estimate of drug-likeness (QED) is 0.483. The second kappa shape index (κ2) is 9.60. The molecule has 0 atom stereocenters. The van der Waals surface area contributed by atoms with Gasteiger partial charge in [-0.05, 0) is 43.5 Å². The summed E-state index contributed by atoms with van der Waals surface area (Å²) < 4.78 is 54.7. The van der Waals surface area contributed by atoms with E-state index >= 15 is 0 Å². The lowest BCUT2D eigenvalue weighted by Crippen LogP contribution is -2.50. The zero-order valence-electron chi connectivity index (χ0n) is 17.3. The number of unbranched alkanes of at least 4 members (excludes halogenated alkanes) is 1. The average molecular weight is 480 g/mol. The maximum atomic E-state index is 13.9. The van der Waals surface area contributed by atoms with Crippen LogP contribution in [-0.4, -0.2) is 54.7 Å². The van der Waals surface area contributed by atoms with Gasteiger partial charge in [0.25, 0.3) is 0 Å². The van der Waals surface area contributed by atoms with Crippen molar-refractivity contribution >= 4 is 37.5 Å². The molecule has 1 saturated heterocycles. The fourth-order valence-corrected chi connectivity index (χ4v) is 6.22. The van der Waals surface area contributed by atoms with Crippen molar-refractivity contribution in [1.82, 2.24) is 14.2 Å². The van der Waals surface area contributed by atoms with Crippen LogP contribution in [0.4, 0.5) is 8.78 Å². The number of thiazole rings is 1. The number of rotatable bonds is 7. The summed E-state index contributed by atoms with van der Waals surface area (Å²) in [7, 11) is -4.07. The molecule has 0 saturated carbocycles. The first-order valence-electron chi connectivity index (χ1n) is 10.4. The average Bonchev–Trinajstić information content (AvgIpc) is 3.19. The van der Waals surface area contributed by atoms with Crippen molar-refractivity contribution in [2.45, 2.75) is 30.6 Å². The number of hydrogen-bond donors (Lipinski definition) is 0. The first-order chi connectivity index (χ1) is 15.3. The number of amides is 1. The van der Waals surface area contributed by atoms with Crippen LogP contribution < -0.4 is 0 Å². The molecule has 0 N–H and O–H groups in total. The minimum atomic E-state index is -4.07. The number of benzene rings is 2. The summed E-state index contributed by atoms with van der Waals surface area (Å²) in [6.45, 7) is 0.657. The second-order valence-corrected chi connectivity index (χ2v) is 10.7. The lowest BCUT2D eigenvalue weighted by atomic mass is 10.1. The van der Waals surface area contributed by atoms with E-state index in [2.05, 4.69) is 4.98 Å². The number of carbonyl (C=O) groups is 1. The van der Waals surface area contributed by atoms with E-state index in [0.29, 0.717) is 12.5 Å². The van der Waals surface area contributed by atoms with E-state index < -0.39 is 26.6 Å². The monoisotopic (exact) mass is 479 g/mol. The zero-order chi connectivity index (χ0) is 22.7. The molecule has 1 aliphatic rings. The van der Waals surface area contributed by atoms with Crippen LogP contribution in [-0.2, 0) is 21.2 Å². The molecule has 2 heterocycles. The zero-order valence-corrected chi connectivity index (χ0v) is 19.0. The normalized spacial score (nSPS) is 15.4. The molecule has 170 valence electrons. The summed E-state index contributed by atoms with van der Waals surface area (Å²) in [6.07, 6.45) is 2.80. The molecule has 1 aromatic heterocycles. The number of halogens is 2. The van der Waals surface area contributed by atoms with Crippen molar-refractivity contribution in [2.24, 2.45) is 0 Å². The Balaban J connectivity index is 1.24. The van der Waals surface area contributed by atoms with Crippen LogP contribution in [0.5, 0.6) is 0 Å². The summed E-state index contributed by atoms with van der Waals surface area (Å²) in [5, 5.41) is 1.06. The van der Waals surface area contributed by atoms with Crippen LogP contribution >= 0.6 is 11.3 Å². The highest BCUT2D eigenvalue weighted by Crippen LogP contribution is 2.24. The van der Waals surface area contributed by atoms with Crippen LogP contribution in [0.25, 0.3) is 10.2 Å². The van der Waals surface area contributed by atoms with Gasteiger partial charge in [0, 0.05) is 38.7 Å². The molecular weight excluding hydrogens is 456 g/mol. The van der Waals surface area contributed by atoms with Gasteiger partial charge in [-0.2, -0.15) is 4.31 Å². The highest BCUT2D eigenvalue weighted by atomic mass is 32.2. The minimum Gasteiger partial charge on any atom is -0.340 e.